The molecule has 0 radical (unpaired) electrons. The van der Waals surface area contributed by atoms with Crippen LogP contribution >= 0.6 is 0 Å². The Hall–Kier alpha value is -0.570. The Morgan fingerprint density at radius 2 is 2.44 bits per heavy atom. The van der Waals surface area contributed by atoms with E-state index in [4.69, 9.17) is 0 Å². The third-order valence-electron chi connectivity index (χ3n) is 1.96. The van der Waals surface area contributed by atoms with Gasteiger partial charge in [0, 0.05) is 12.8 Å². The summed E-state index contributed by atoms with van der Waals surface area (Å²) < 4.78 is 0. The van der Waals surface area contributed by atoms with Gasteiger partial charge in [0.2, 0.25) is 0 Å². The molecule has 0 aromatic carbocycles. The van der Waals surface area contributed by atoms with Crippen LogP contribution in [0, 0.1) is 0 Å². The number of carboxylic acid groups (broad SMARTS) is 1. The van der Waals surface area contributed by atoms with E-state index in [1.807, 2.05) is 5.32 Å². The van der Waals surface area contributed by atoms with Crippen LogP contribution in [0.2, 0.25) is 0 Å². The highest BCUT2D eigenvalue weighted by molar-refractivity contribution is 5.74. The molecule has 1 aliphatic heterocycles. The van der Waals surface area contributed by atoms with Crippen LogP contribution in [0.1, 0.15) is 19.8 Å². The van der Waals surface area contributed by atoms with Gasteiger partial charge in [0.25, 0.3) is 0 Å². The van der Waals surface area contributed by atoms with Crippen molar-refractivity contribution in [2.75, 3.05) is 6.54 Å². The molecule has 0 aromatic heterocycles. The number of carboxylic acids is 1. The Kier molecular flexibility index (Phi) is 1.45. The van der Waals surface area contributed by atoms with Crippen molar-refractivity contribution < 1.29 is 15.2 Å². The Balaban J connectivity index is 2.61. The summed E-state index contributed by atoms with van der Waals surface area (Å²) in [5.74, 6) is -0.931. The molecule has 1 heterocycles. The number of hydrogen-bond donors (Lipinski definition) is 1. The molecule has 1 saturated heterocycles. The Bertz CT molecular complexity index is 127. The number of aliphatic carboxylic acids is 1. The number of carbonyl (C=O) groups is 1. The van der Waals surface area contributed by atoms with E-state index in [1.165, 1.54) is 0 Å². The van der Waals surface area contributed by atoms with Gasteiger partial charge < -0.3 is 15.2 Å². The number of hydrogen-bond acceptors (Lipinski definition) is 2. The number of rotatable bonds is 1. The summed E-state index contributed by atoms with van der Waals surface area (Å²) in [5.41, 5.74) is -0.625. The van der Waals surface area contributed by atoms with Crippen LogP contribution in [0.25, 0.3) is 0 Å². The highest BCUT2D eigenvalue weighted by atomic mass is 16.4. The minimum Gasteiger partial charge on any atom is -0.544 e. The molecular formula is C6H11NO2. The van der Waals surface area contributed by atoms with Gasteiger partial charge in [-0.25, -0.2) is 0 Å². The van der Waals surface area contributed by atoms with Gasteiger partial charge >= 0.3 is 0 Å². The first-order valence-corrected chi connectivity index (χ1v) is 3.21. The Morgan fingerprint density at radius 3 is 2.67 bits per heavy atom. The third-order valence-corrected chi connectivity index (χ3v) is 1.96. The lowest BCUT2D eigenvalue weighted by Gasteiger charge is -2.20. The Labute approximate surface area is 54.1 Å². The van der Waals surface area contributed by atoms with E-state index in [-0.39, 0.29) is 0 Å². The zero-order chi connectivity index (χ0) is 6.91. The first-order valence-electron chi connectivity index (χ1n) is 3.21. The molecule has 0 saturated carbocycles. The van der Waals surface area contributed by atoms with Crippen LogP contribution < -0.4 is 10.4 Å². The van der Waals surface area contributed by atoms with E-state index in [9.17, 15) is 9.90 Å². The van der Waals surface area contributed by atoms with E-state index < -0.39 is 11.5 Å². The maximum Gasteiger partial charge on any atom is 0.133 e. The molecule has 9 heavy (non-hydrogen) atoms. The minimum atomic E-state index is -0.931. The third kappa shape index (κ3) is 1.05. The predicted molar refractivity (Wildman–Crippen MR) is 29.4 cm³/mol. The average molecular weight is 129 g/mol. The molecule has 0 aromatic rings. The summed E-state index contributed by atoms with van der Waals surface area (Å²) in [4.78, 5) is 10.4. The van der Waals surface area contributed by atoms with Gasteiger partial charge in [-0.05, 0) is 6.92 Å². The van der Waals surface area contributed by atoms with E-state index in [0.29, 0.717) is 0 Å². The van der Waals surface area contributed by atoms with Crippen molar-refractivity contribution in [2.24, 2.45) is 0 Å². The average Bonchev–Trinajstić information content (AvgIpc) is 2.16. The van der Waals surface area contributed by atoms with Gasteiger partial charge in [-0.15, -0.1) is 0 Å². The van der Waals surface area contributed by atoms with Crippen LogP contribution in [0.5, 0.6) is 0 Å². The lowest BCUT2D eigenvalue weighted by atomic mass is 10.0. The van der Waals surface area contributed by atoms with Crippen LogP contribution in [0.3, 0.4) is 0 Å². The van der Waals surface area contributed by atoms with E-state index in [1.54, 1.807) is 6.92 Å². The highest BCUT2D eigenvalue weighted by Gasteiger charge is 2.33. The monoisotopic (exact) mass is 129 g/mol. The van der Waals surface area contributed by atoms with Crippen molar-refractivity contribution in [1.82, 2.24) is 0 Å². The SMILES string of the molecule is C[C@]1(C(=O)[O-])CCC[NH2+]1. The summed E-state index contributed by atoms with van der Waals surface area (Å²) >= 11 is 0. The summed E-state index contributed by atoms with van der Waals surface area (Å²) in [7, 11) is 0. The fraction of sp³-hybridized carbons (Fsp3) is 0.833. The highest BCUT2D eigenvalue weighted by Crippen LogP contribution is 2.09. The van der Waals surface area contributed by atoms with Gasteiger partial charge in [0.05, 0.1) is 6.54 Å². The standard InChI is InChI=1S/C6H11NO2/c1-6(5(8)9)3-2-4-7-6/h7H,2-4H2,1H3,(H,8,9)/t6-/m1/s1. The van der Waals surface area contributed by atoms with Gasteiger partial charge in [-0.1, -0.05) is 0 Å². The lowest BCUT2D eigenvalue weighted by molar-refractivity contribution is -0.697. The zero-order valence-corrected chi connectivity index (χ0v) is 5.52. The summed E-state index contributed by atoms with van der Waals surface area (Å²) in [6, 6.07) is 0. The molecule has 1 rings (SSSR count). The van der Waals surface area contributed by atoms with E-state index in [2.05, 4.69) is 0 Å². The van der Waals surface area contributed by atoms with Gasteiger partial charge in [0.15, 0.2) is 0 Å². The minimum absolute atomic E-state index is 0.625. The molecule has 0 bridgehead atoms. The molecule has 0 aliphatic carbocycles. The molecular weight excluding hydrogens is 118 g/mol. The molecule has 1 fully saturated rings. The number of carbonyl (C=O) groups excluding carboxylic acids is 1. The lowest BCUT2D eigenvalue weighted by Crippen LogP contribution is -2.96. The maximum absolute atomic E-state index is 10.4. The maximum atomic E-state index is 10.4. The quantitative estimate of drug-likeness (QED) is 0.439. The number of quaternary nitrogens is 1. The molecule has 1 aliphatic rings. The second-order valence-electron chi connectivity index (χ2n) is 2.80. The van der Waals surface area contributed by atoms with Crippen molar-refractivity contribution in [3.63, 3.8) is 0 Å². The van der Waals surface area contributed by atoms with Crippen molar-refractivity contribution in [3.8, 4) is 0 Å². The molecule has 52 valence electrons. The van der Waals surface area contributed by atoms with Crippen LogP contribution in [0.4, 0.5) is 0 Å². The fourth-order valence-electron chi connectivity index (χ4n) is 1.18. The van der Waals surface area contributed by atoms with E-state index >= 15 is 0 Å². The molecule has 3 heteroatoms. The smallest absolute Gasteiger partial charge is 0.133 e. The van der Waals surface area contributed by atoms with Gasteiger partial charge in [-0.3, -0.25) is 0 Å². The van der Waals surface area contributed by atoms with Crippen molar-refractivity contribution in [1.29, 1.82) is 0 Å². The molecule has 3 nitrogen and oxygen atoms in total. The normalized spacial score (nSPS) is 34.8. The van der Waals surface area contributed by atoms with Crippen LogP contribution in [-0.2, 0) is 4.79 Å². The molecule has 0 unspecified atom stereocenters. The second kappa shape index (κ2) is 1.99. The topological polar surface area (TPSA) is 56.7 Å². The first kappa shape index (κ1) is 6.55. The molecule has 0 amide bonds. The molecule has 0 spiro atoms. The fourth-order valence-corrected chi connectivity index (χ4v) is 1.18. The largest absolute Gasteiger partial charge is 0.544 e. The second-order valence-corrected chi connectivity index (χ2v) is 2.80. The van der Waals surface area contributed by atoms with Crippen LogP contribution in [0.15, 0.2) is 0 Å². The summed E-state index contributed by atoms with van der Waals surface area (Å²) in [5, 5.41) is 12.2. The molecule has 1 atom stereocenters. The van der Waals surface area contributed by atoms with Crippen molar-refractivity contribution in [3.05, 3.63) is 0 Å². The zero-order valence-electron chi connectivity index (χ0n) is 5.52. The van der Waals surface area contributed by atoms with Gasteiger partial charge in [-0.2, -0.15) is 0 Å². The van der Waals surface area contributed by atoms with Gasteiger partial charge in [0.1, 0.15) is 11.5 Å². The van der Waals surface area contributed by atoms with Crippen molar-refractivity contribution >= 4 is 5.97 Å². The van der Waals surface area contributed by atoms with Crippen LogP contribution in [-0.4, -0.2) is 18.1 Å². The van der Waals surface area contributed by atoms with Crippen molar-refractivity contribution in [2.45, 2.75) is 25.3 Å². The Morgan fingerprint density at radius 1 is 1.78 bits per heavy atom. The molecule has 2 N–H and O–H groups in total. The number of nitrogens with two attached hydrogens (primary N) is 1. The summed E-state index contributed by atoms with van der Waals surface area (Å²) in [6.07, 6.45) is 1.74. The first-order chi connectivity index (χ1) is 4.15. The predicted octanol–water partition coefficient (Wildman–Crippen LogP) is -2.15. The van der Waals surface area contributed by atoms with E-state index in [0.717, 1.165) is 19.4 Å². The summed E-state index contributed by atoms with van der Waals surface area (Å²) in [6.45, 7) is 2.64.